The Labute approximate surface area is 393 Å². The second-order valence-electron chi connectivity index (χ2n) is 20.5. The minimum atomic E-state index is -0.762. The fourth-order valence-corrected chi connectivity index (χ4v) is 8.70. The largest absolute Gasteiger partial charge is 0.462 e. The monoisotopic (exact) mass is 891 g/mol. The molecular weight excluding hydrogens is 781 g/mol. The van der Waals surface area contributed by atoms with Gasteiger partial charge in [0.2, 0.25) is 0 Å². The summed E-state index contributed by atoms with van der Waals surface area (Å²) >= 11 is 0. The summed E-state index contributed by atoms with van der Waals surface area (Å²) in [6.45, 7) is 11.4. The number of carbonyl (C=O) groups is 3. The van der Waals surface area contributed by atoms with Gasteiger partial charge in [-0.15, -0.1) is 0 Å². The quantitative estimate of drug-likeness (QED) is 0.0344. The van der Waals surface area contributed by atoms with Crippen molar-refractivity contribution < 1.29 is 28.6 Å². The molecule has 0 aromatic carbocycles. The first-order valence-electron chi connectivity index (χ1n) is 28.2. The summed E-state index contributed by atoms with van der Waals surface area (Å²) < 4.78 is 16.9. The third-order valence-electron chi connectivity index (χ3n) is 13.0. The summed E-state index contributed by atoms with van der Waals surface area (Å²) in [5.41, 5.74) is 0. The topological polar surface area (TPSA) is 78.9 Å². The summed E-state index contributed by atoms with van der Waals surface area (Å²) in [7, 11) is 0. The summed E-state index contributed by atoms with van der Waals surface area (Å²) in [5.74, 6) is 0.814. The Morgan fingerprint density at radius 1 is 0.302 bits per heavy atom. The average Bonchev–Trinajstić information content (AvgIpc) is 3.25. The molecule has 6 heteroatoms. The second kappa shape index (κ2) is 49.8. The second-order valence-corrected chi connectivity index (χ2v) is 20.5. The van der Waals surface area contributed by atoms with E-state index in [1.54, 1.807) is 0 Å². The van der Waals surface area contributed by atoms with E-state index in [9.17, 15) is 14.4 Å². The van der Waals surface area contributed by atoms with Crippen LogP contribution in [0.4, 0.5) is 0 Å². The van der Waals surface area contributed by atoms with E-state index in [0.29, 0.717) is 19.3 Å². The highest BCUT2D eigenvalue weighted by Crippen LogP contribution is 2.18. The van der Waals surface area contributed by atoms with Gasteiger partial charge in [-0.2, -0.15) is 0 Å². The third-order valence-corrected chi connectivity index (χ3v) is 13.0. The fraction of sp³-hybridized carbons (Fsp3) is 0.947. The van der Waals surface area contributed by atoms with Crippen molar-refractivity contribution in [2.45, 2.75) is 323 Å². The van der Waals surface area contributed by atoms with Crippen molar-refractivity contribution in [2.75, 3.05) is 13.2 Å². The zero-order valence-corrected chi connectivity index (χ0v) is 43.2. The third kappa shape index (κ3) is 51.3. The van der Waals surface area contributed by atoms with Crippen LogP contribution < -0.4 is 0 Å². The van der Waals surface area contributed by atoms with Crippen LogP contribution in [0.5, 0.6) is 0 Å². The first-order chi connectivity index (χ1) is 30.7. The van der Waals surface area contributed by atoms with E-state index in [1.165, 1.54) is 205 Å². The van der Waals surface area contributed by atoms with Gasteiger partial charge in [-0.25, -0.2) is 0 Å². The molecule has 0 rings (SSSR count). The number of hydrogen-bond donors (Lipinski definition) is 0. The van der Waals surface area contributed by atoms with Crippen molar-refractivity contribution in [3.05, 3.63) is 0 Å². The zero-order valence-electron chi connectivity index (χ0n) is 43.2. The molecule has 0 aromatic heterocycles. The van der Waals surface area contributed by atoms with Crippen LogP contribution in [0.3, 0.4) is 0 Å². The lowest BCUT2D eigenvalue weighted by Gasteiger charge is -2.18. The lowest BCUT2D eigenvalue weighted by atomic mass is 10.0. The van der Waals surface area contributed by atoms with Gasteiger partial charge in [0.15, 0.2) is 6.10 Å². The Kier molecular flexibility index (Phi) is 48.6. The average molecular weight is 892 g/mol. The van der Waals surface area contributed by atoms with E-state index in [2.05, 4.69) is 34.6 Å². The zero-order chi connectivity index (χ0) is 46.1. The van der Waals surface area contributed by atoms with Crippen LogP contribution in [0.15, 0.2) is 0 Å². The Bertz CT molecular complexity index is 962. The molecule has 0 saturated heterocycles. The van der Waals surface area contributed by atoms with E-state index in [4.69, 9.17) is 14.2 Å². The molecule has 0 amide bonds. The summed E-state index contributed by atoms with van der Waals surface area (Å²) in [4.78, 5) is 38.1. The van der Waals surface area contributed by atoms with Gasteiger partial charge in [0, 0.05) is 19.3 Å². The van der Waals surface area contributed by atoms with E-state index in [1.807, 2.05) is 0 Å². The highest BCUT2D eigenvalue weighted by atomic mass is 16.6. The molecule has 6 nitrogen and oxygen atoms in total. The van der Waals surface area contributed by atoms with Crippen LogP contribution in [0.1, 0.15) is 317 Å². The molecule has 374 valence electrons. The molecule has 0 bridgehead atoms. The van der Waals surface area contributed by atoms with E-state index in [0.717, 1.165) is 69.6 Å². The molecule has 0 fully saturated rings. The highest BCUT2D eigenvalue weighted by Gasteiger charge is 2.19. The maximum atomic E-state index is 12.8. The fourth-order valence-electron chi connectivity index (χ4n) is 8.70. The molecule has 0 saturated carbocycles. The molecule has 0 unspecified atom stereocenters. The maximum Gasteiger partial charge on any atom is 0.306 e. The standard InChI is InChI=1S/C57H110O6/c1-6-7-8-9-10-11-12-13-14-15-18-21-27-32-37-42-47-55(58)61-50-54(63-57(60)49-44-39-34-29-24-23-26-31-36-41-46-53(4)5)51-62-56(59)48-43-38-33-28-22-19-16-17-20-25-30-35-40-45-52(2)3/h52-54H,6-51H2,1-5H3/t54-/m1/s1. The van der Waals surface area contributed by atoms with Crippen molar-refractivity contribution >= 4 is 17.9 Å². The number of unbranched alkanes of at least 4 members (excludes halogenated alkanes) is 36. The number of ether oxygens (including phenoxy) is 3. The molecule has 0 aliphatic carbocycles. The molecule has 0 aliphatic heterocycles. The molecular formula is C57H110O6. The van der Waals surface area contributed by atoms with Gasteiger partial charge in [-0.3, -0.25) is 14.4 Å². The number of rotatable bonds is 51. The number of esters is 3. The smallest absolute Gasteiger partial charge is 0.306 e. The van der Waals surface area contributed by atoms with Gasteiger partial charge < -0.3 is 14.2 Å². The molecule has 0 aliphatic rings. The minimum Gasteiger partial charge on any atom is -0.462 e. The van der Waals surface area contributed by atoms with Crippen LogP contribution in [0.2, 0.25) is 0 Å². The SMILES string of the molecule is CCCCCCCCCCCCCCCCCCC(=O)OC[C@H](COC(=O)CCCCCCCCCCCCCCCC(C)C)OC(=O)CCCCCCCCCCCCC(C)C. The number of carbonyl (C=O) groups excluding carboxylic acids is 3. The predicted molar refractivity (Wildman–Crippen MR) is 270 cm³/mol. The number of hydrogen-bond acceptors (Lipinski definition) is 6. The van der Waals surface area contributed by atoms with Gasteiger partial charge in [0.25, 0.3) is 0 Å². The van der Waals surface area contributed by atoms with Crippen LogP contribution in [0.25, 0.3) is 0 Å². The lowest BCUT2D eigenvalue weighted by molar-refractivity contribution is -0.167. The molecule has 63 heavy (non-hydrogen) atoms. The Balaban J connectivity index is 4.29. The molecule has 0 heterocycles. The molecule has 0 radical (unpaired) electrons. The van der Waals surface area contributed by atoms with Gasteiger partial charge in [0.05, 0.1) is 0 Å². The summed E-state index contributed by atoms with van der Waals surface area (Å²) in [6, 6.07) is 0. The van der Waals surface area contributed by atoms with E-state index in [-0.39, 0.29) is 31.1 Å². The van der Waals surface area contributed by atoms with Crippen LogP contribution in [0, 0.1) is 11.8 Å². The molecule has 0 aromatic rings. The van der Waals surface area contributed by atoms with Crippen molar-refractivity contribution in [3.8, 4) is 0 Å². The molecule has 1 atom stereocenters. The maximum absolute atomic E-state index is 12.8. The van der Waals surface area contributed by atoms with Gasteiger partial charge >= 0.3 is 17.9 Å². The summed E-state index contributed by atoms with van der Waals surface area (Å²) in [5, 5.41) is 0. The van der Waals surface area contributed by atoms with Gasteiger partial charge in [-0.1, -0.05) is 279 Å². The van der Waals surface area contributed by atoms with Gasteiger partial charge in [-0.05, 0) is 31.1 Å². The highest BCUT2D eigenvalue weighted by molar-refractivity contribution is 5.71. The molecule has 0 spiro atoms. The lowest BCUT2D eigenvalue weighted by Crippen LogP contribution is -2.30. The first kappa shape index (κ1) is 61.4. The first-order valence-corrected chi connectivity index (χ1v) is 28.2. The minimum absolute atomic E-state index is 0.0630. The predicted octanol–water partition coefficient (Wildman–Crippen LogP) is 18.5. The Hall–Kier alpha value is -1.59. The molecule has 0 N–H and O–H groups in total. The van der Waals surface area contributed by atoms with Gasteiger partial charge in [0.1, 0.15) is 13.2 Å². The van der Waals surface area contributed by atoms with Crippen molar-refractivity contribution in [1.82, 2.24) is 0 Å². The summed E-state index contributed by atoms with van der Waals surface area (Å²) in [6.07, 6.45) is 52.3. The van der Waals surface area contributed by atoms with Crippen molar-refractivity contribution in [1.29, 1.82) is 0 Å². The van der Waals surface area contributed by atoms with Crippen molar-refractivity contribution in [2.24, 2.45) is 11.8 Å². The normalized spacial score (nSPS) is 12.0. The van der Waals surface area contributed by atoms with E-state index < -0.39 is 6.10 Å². The Morgan fingerprint density at radius 2 is 0.524 bits per heavy atom. The van der Waals surface area contributed by atoms with Crippen LogP contribution in [-0.2, 0) is 28.6 Å². The van der Waals surface area contributed by atoms with E-state index >= 15 is 0 Å². The Morgan fingerprint density at radius 3 is 0.778 bits per heavy atom. The van der Waals surface area contributed by atoms with Crippen molar-refractivity contribution in [3.63, 3.8) is 0 Å². The van der Waals surface area contributed by atoms with Crippen LogP contribution >= 0.6 is 0 Å². The van der Waals surface area contributed by atoms with Crippen LogP contribution in [-0.4, -0.2) is 37.2 Å².